The van der Waals surface area contributed by atoms with Gasteiger partial charge in [0.25, 0.3) is 5.91 Å². The minimum Gasteiger partial charge on any atom is -0.382 e. The molecule has 0 radical (unpaired) electrons. The number of amides is 1. The van der Waals surface area contributed by atoms with Crippen LogP contribution in [0.3, 0.4) is 0 Å². The molecule has 4 heterocycles. The molecule has 1 atom stereocenters. The summed E-state index contributed by atoms with van der Waals surface area (Å²) in [6.45, 7) is 0.990. The number of benzene rings is 1. The van der Waals surface area contributed by atoms with E-state index in [1.807, 2.05) is 10.6 Å². The van der Waals surface area contributed by atoms with Gasteiger partial charge in [-0.2, -0.15) is 0 Å². The lowest BCUT2D eigenvalue weighted by molar-refractivity contribution is 0.102. The molecule has 5 rings (SSSR count). The first-order valence-corrected chi connectivity index (χ1v) is 10.4. The van der Waals surface area contributed by atoms with Crippen molar-refractivity contribution < 1.29 is 9.18 Å². The summed E-state index contributed by atoms with van der Waals surface area (Å²) < 4.78 is 16.9. The maximum Gasteiger partial charge on any atom is 0.259 e. The molecule has 9 heteroatoms. The van der Waals surface area contributed by atoms with Gasteiger partial charge in [-0.15, -0.1) is 0 Å². The Morgan fingerprint density at radius 3 is 2.81 bits per heavy atom. The highest BCUT2D eigenvalue weighted by Gasteiger charge is 2.29. The normalized spacial score (nSPS) is 16.5. The largest absolute Gasteiger partial charge is 0.382 e. The number of nitrogen functional groups attached to an aromatic ring is 1. The topological polar surface area (TPSA) is 101 Å². The SMILES string of the molecule is CN1CCCC1c1nc(-c2ccc(C(=O)Nc3ccccn3)c(F)c2)c2c(N)nccn12. The molecule has 0 spiro atoms. The van der Waals surface area contributed by atoms with Crippen molar-refractivity contribution in [3.05, 3.63) is 72.2 Å². The van der Waals surface area contributed by atoms with E-state index in [1.54, 1.807) is 36.7 Å². The second-order valence-corrected chi connectivity index (χ2v) is 7.85. The van der Waals surface area contributed by atoms with Crippen LogP contribution in [-0.2, 0) is 0 Å². The molecule has 0 saturated carbocycles. The number of carbonyl (C=O) groups is 1. The van der Waals surface area contributed by atoms with Crippen molar-refractivity contribution in [2.75, 3.05) is 24.6 Å². The zero-order valence-electron chi connectivity index (χ0n) is 17.5. The fraction of sp³-hybridized carbons (Fsp3) is 0.217. The summed E-state index contributed by atoms with van der Waals surface area (Å²) in [4.78, 5) is 27.9. The molecule has 4 aromatic rings. The second kappa shape index (κ2) is 8.01. The fourth-order valence-electron chi connectivity index (χ4n) is 4.23. The van der Waals surface area contributed by atoms with Crippen molar-refractivity contribution in [3.63, 3.8) is 0 Å². The molecule has 8 nitrogen and oxygen atoms in total. The second-order valence-electron chi connectivity index (χ2n) is 7.85. The highest BCUT2D eigenvalue weighted by Crippen LogP contribution is 2.35. The van der Waals surface area contributed by atoms with Crippen molar-refractivity contribution >= 4 is 23.1 Å². The summed E-state index contributed by atoms with van der Waals surface area (Å²) in [6.07, 6.45) is 7.09. The molecule has 1 amide bonds. The van der Waals surface area contributed by atoms with Gasteiger partial charge in [0.1, 0.15) is 34.5 Å². The standard InChI is InChI=1S/C23H22FN7O/c1-30-11-4-5-17(30)22-29-19(20-21(25)27-10-12-31(20)22)14-7-8-15(16(24)13-14)23(32)28-18-6-2-3-9-26-18/h2-3,6-10,12-13,17H,4-5,11H2,1H3,(H2,25,27)(H,26,28,32). The van der Waals surface area contributed by atoms with Crippen LogP contribution in [0.2, 0.25) is 0 Å². The minimum atomic E-state index is -0.654. The number of hydrogen-bond donors (Lipinski definition) is 2. The predicted octanol–water partition coefficient (Wildman–Crippen LogP) is 3.53. The molecule has 1 aromatic carbocycles. The number of pyridine rings is 1. The molecule has 3 aromatic heterocycles. The molecule has 1 aliphatic heterocycles. The summed E-state index contributed by atoms with van der Waals surface area (Å²) in [6, 6.07) is 9.69. The zero-order chi connectivity index (χ0) is 22.2. The van der Waals surface area contributed by atoms with Crippen LogP contribution in [0.4, 0.5) is 16.0 Å². The summed E-state index contributed by atoms with van der Waals surface area (Å²) in [5.41, 5.74) is 7.82. The average molecular weight is 431 g/mol. The number of nitrogens with zero attached hydrogens (tertiary/aromatic N) is 5. The molecule has 162 valence electrons. The highest BCUT2D eigenvalue weighted by molar-refractivity contribution is 6.04. The van der Waals surface area contributed by atoms with Gasteiger partial charge in [-0.25, -0.2) is 19.3 Å². The third-order valence-electron chi connectivity index (χ3n) is 5.82. The van der Waals surface area contributed by atoms with Crippen molar-refractivity contribution in [3.8, 4) is 11.3 Å². The Hall–Kier alpha value is -3.85. The van der Waals surface area contributed by atoms with Crippen LogP contribution in [0, 0.1) is 5.82 Å². The summed E-state index contributed by atoms with van der Waals surface area (Å²) in [5, 5.41) is 2.60. The Kier molecular flexibility index (Phi) is 5.02. The van der Waals surface area contributed by atoms with Crippen LogP contribution in [-0.4, -0.2) is 43.8 Å². The van der Waals surface area contributed by atoms with Crippen LogP contribution < -0.4 is 11.1 Å². The van der Waals surface area contributed by atoms with Gasteiger partial charge in [0.2, 0.25) is 0 Å². The van der Waals surface area contributed by atoms with Crippen LogP contribution in [0.15, 0.2) is 55.0 Å². The molecule has 1 saturated heterocycles. The number of carbonyl (C=O) groups excluding carboxylic acids is 1. The van der Waals surface area contributed by atoms with E-state index in [0.717, 1.165) is 25.2 Å². The molecule has 1 fully saturated rings. The Morgan fingerprint density at radius 1 is 1.22 bits per heavy atom. The third-order valence-corrected chi connectivity index (χ3v) is 5.82. The van der Waals surface area contributed by atoms with E-state index in [1.165, 1.54) is 12.1 Å². The number of rotatable bonds is 4. The first-order valence-electron chi connectivity index (χ1n) is 10.4. The Labute approximate surface area is 183 Å². The number of halogens is 1. The van der Waals surface area contributed by atoms with E-state index in [-0.39, 0.29) is 11.6 Å². The van der Waals surface area contributed by atoms with Crippen molar-refractivity contribution in [2.24, 2.45) is 0 Å². The van der Waals surface area contributed by atoms with Crippen LogP contribution in [0.1, 0.15) is 35.1 Å². The number of fused-ring (bicyclic) bond motifs is 1. The van der Waals surface area contributed by atoms with Gasteiger partial charge < -0.3 is 11.1 Å². The quantitative estimate of drug-likeness (QED) is 0.513. The van der Waals surface area contributed by atoms with Crippen LogP contribution in [0.5, 0.6) is 0 Å². The lowest BCUT2D eigenvalue weighted by atomic mass is 10.1. The zero-order valence-corrected chi connectivity index (χ0v) is 17.5. The van der Waals surface area contributed by atoms with Gasteiger partial charge >= 0.3 is 0 Å². The van der Waals surface area contributed by atoms with Gasteiger partial charge in [-0.3, -0.25) is 14.1 Å². The summed E-state index contributed by atoms with van der Waals surface area (Å²) in [5.74, 6) is 0.294. The van der Waals surface area contributed by atoms with Gasteiger partial charge in [0, 0.05) is 24.2 Å². The predicted molar refractivity (Wildman–Crippen MR) is 120 cm³/mol. The van der Waals surface area contributed by atoms with E-state index >= 15 is 0 Å². The third kappa shape index (κ3) is 3.46. The fourth-order valence-corrected chi connectivity index (χ4v) is 4.23. The monoisotopic (exact) mass is 431 g/mol. The molecule has 0 bridgehead atoms. The van der Waals surface area contributed by atoms with Gasteiger partial charge in [0.15, 0.2) is 0 Å². The number of likely N-dealkylation sites (tertiary alicyclic amines) is 1. The van der Waals surface area contributed by atoms with E-state index in [4.69, 9.17) is 10.7 Å². The van der Waals surface area contributed by atoms with Gasteiger partial charge in [-0.1, -0.05) is 12.1 Å². The van der Waals surface area contributed by atoms with Gasteiger partial charge in [0.05, 0.1) is 11.6 Å². The summed E-state index contributed by atoms with van der Waals surface area (Å²) >= 11 is 0. The molecular weight excluding hydrogens is 409 g/mol. The lowest BCUT2D eigenvalue weighted by Crippen LogP contribution is -2.19. The number of hydrogen-bond acceptors (Lipinski definition) is 6. The Balaban J connectivity index is 1.54. The first kappa shape index (κ1) is 20.1. The average Bonchev–Trinajstić information content (AvgIpc) is 3.38. The van der Waals surface area contributed by atoms with Crippen molar-refractivity contribution in [2.45, 2.75) is 18.9 Å². The van der Waals surface area contributed by atoms with Crippen molar-refractivity contribution in [1.29, 1.82) is 0 Å². The molecule has 0 aliphatic carbocycles. The smallest absolute Gasteiger partial charge is 0.259 e. The molecule has 1 unspecified atom stereocenters. The first-order chi connectivity index (χ1) is 15.5. The van der Waals surface area contributed by atoms with E-state index in [9.17, 15) is 9.18 Å². The minimum absolute atomic E-state index is 0.0789. The Morgan fingerprint density at radius 2 is 2.09 bits per heavy atom. The number of nitrogens with two attached hydrogens (primary N) is 1. The maximum atomic E-state index is 15.0. The number of nitrogens with one attached hydrogen (secondary N) is 1. The van der Waals surface area contributed by atoms with Gasteiger partial charge in [-0.05, 0) is 50.7 Å². The van der Waals surface area contributed by atoms with E-state index in [0.29, 0.717) is 28.4 Å². The summed E-state index contributed by atoms with van der Waals surface area (Å²) in [7, 11) is 2.07. The number of aromatic nitrogens is 4. The Bertz CT molecular complexity index is 1300. The molecule has 32 heavy (non-hydrogen) atoms. The lowest BCUT2D eigenvalue weighted by Gasteiger charge is -2.18. The van der Waals surface area contributed by atoms with Crippen LogP contribution in [0.25, 0.3) is 16.8 Å². The molecule has 1 aliphatic rings. The molecule has 3 N–H and O–H groups in total. The van der Waals surface area contributed by atoms with Crippen LogP contribution >= 0.6 is 0 Å². The van der Waals surface area contributed by atoms with E-state index < -0.39 is 11.7 Å². The number of imidazole rings is 1. The molecular formula is C23H22FN7O. The highest BCUT2D eigenvalue weighted by atomic mass is 19.1. The maximum absolute atomic E-state index is 15.0. The van der Waals surface area contributed by atoms with E-state index in [2.05, 4.69) is 27.2 Å². The number of anilines is 2. The van der Waals surface area contributed by atoms with Crippen molar-refractivity contribution in [1.82, 2.24) is 24.3 Å².